The van der Waals surface area contributed by atoms with Gasteiger partial charge in [-0.15, -0.1) is 0 Å². The minimum Gasteiger partial charge on any atom is -0.349 e. The quantitative estimate of drug-likeness (QED) is 0.847. The van der Waals surface area contributed by atoms with Crippen molar-refractivity contribution in [3.63, 3.8) is 0 Å². The SMILES string of the molecule is CN(C)C(=O)[C@H]1CCCN(C(=O)Cc2cc(Cl)ccc2Cl)C1. The summed E-state index contributed by atoms with van der Waals surface area (Å²) in [5.41, 5.74) is 0.722. The van der Waals surface area contributed by atoms with Crippen LogP contribution in [0.2, 0.25) is 10.0 Å². The number of halogens is 2. The van der Waals surface area contributed by atoms with Gasteiger partial charge in [-0.2, -0.15) is 0 Å². The van der Waals surface area contributed by atoms with E-state index in [0.717, 1.165) is 18.4 Å². The van der Waals surface area contributed by atoms with Gasteiger partial charge >= 0.3 is 0 Å². The number of carbonyl (C=O) groups excluding carboxylic acids is 2. The summed E-state index contributed by atoms with van der Waals surface area (Å²) >= 11 is 12.1. The van der Waals surface area contributed by atoms with E-state index in [9.17, 15) is 9.59 Å². The van der Waals surface area contributed by atoms with Gasteiger partial charge in [0.2, 0.25) is 11.8 Å². The number of amides is 2. The van der Waals surface area contributed by atoms with Crippen LogP contribution in [-0.2, 0) is 16.0 Å². The first-order chi connectivity index (χ1) is 10.4. The Balaban J connectivity index is 2.03. The van der Waals surface area contributed by atoms with Crippen molar-refractivity contribution in [2.45, 2.75) is 19.3 Å². The van der Waals surface area contributed by atoms with E-state index in [-0.39, 0.29) is 24.2 Å². The third kappa shape index (κ3) is 4.14. The van der Waals surface area contributed by atoms with Crippen molar-refractivity contribution in [2.24, 2.45) is 5.92 Å². The minimum atomic E-state index is -0.109. The van der Waals surface area contributed by atoms with Crippen molar-refractivity contribution < 1.29 is 9.59 Å². The molecule has 1 atom stereocenters. The first kappa shape index (κ1) is 17.1. The van der Waals surface area contributed by atoms with Gasteiger partial charge in [-0.1, -0.05) is 23.2 Å². The molecule has 1 fully saturated rings. The van der Waals surface area contributed by atoms with Gasteiger partial charge in [-0.05, 0) is 36.6 Å². The average molecular weight is 343 g/mol. The molecule has 6 heteroatoms. The molecule has 2 rings (SSSR count). The Hall–Kier alpha value is -1.26. The second-order valence-electron chi connectivity index (χ2n) is 5.82. The molecule has 2 amide bonds. The van der Waals surface area contributed by atoms with Crippen molar-refractivity contribution in [3.05, 3.63) is 33.8 Å². The van der Waals surface area contributed by atoms with Crippen LogP contribution in [0.25, 0.3) is 0 Å². The number of rotatable bonds is 3. The van der Waals surface area contributed by atoms with Crippen molar-refractivity contribution in [1.29, 1.82) is 0 Å². The van der Waals surface area contributed by atoms with Gasteiger partial charge in [0, 0.05) is 37.2 Å². The highest BCUT2D eigenvalue weighted by Gasteiger charge is 2.29. The maximum Gasteiger partial charge on any atom is 0.227 e. The minimum absolute atomic E-state index is 0.0135. The lowest BCUT2D eigenvalue weighted by Crippen LogP contribution is -2.45. The predicted molar refractivity (Wildman–Crippen MR) is 88.2 cm³/mol. The normalized spacial score (nSPS) is 18.2. The molecule has 0 unspecified atom stereocenters. The standard InChI is InChI=1S/C16H20Cl2N2O2/c1-19(2)16(22)11-4-3-7-20(10-11)15(21)9-12-8-13(17)5-6-14(12)18/h5-6,8,11H,3-4,7,9-10H2,1-2H3/t11-/m0/s1. The Bertz CT molecular complexity index is 575. The van der Waals surface area contributed by atoms with E-state index >= 15 is 0 Å². The predicted octanol–water partition coefficient (Wildman–Crippen LogP) is 2.86. The Morgan fingerprint density at radius 1 is 1.32 bits per heavy atom. The molecule has 0 radical (unpaired) electrons. The molecule has 1 aromatic carbocycles. The zero-order valence-corrected chi connectivity index (χ0v) is 14.3. The fraction of sp³-hybridized carbons (Fsp3) is 0.500. The summed E-state index contributed by atoms with van der Waals surface area (Å²) in [6, 6.07) is 5.11. The fourth-order valence-corrected chi connectivity index (χ4v) is 3.10. The number of hydrogen-bond donors (Lipinski definition) is 0. The summed E-state index contributed by atoms with van der Waals surface area (Å²) in [6.07, 6.45) is 1.89. The summed E-state index contributed by atoms with van der Waals surface area (Å²) in [5, 5.41) is 1.10. The van der Waals surface area contributed by atoms with Crippen LogP contribution >= 0.6 is 23.2 Å². The van der Waals surface area contributed by atoms with Crippen LogP contribution in [-0.4, -0.2) is 48.8 Å². The topological polar surface area (TPSA) is 40.6 Å². The van der Waals surface area contributed by atoms with Gasteiger partial charge in [-0.25, -0.2) is 0 Å². The lowest BCUT2D eigenvalue weighted by Gasteiger charge is -2.33. The summed E-state index contributed by atoms with van der Waals surface area (Å²) in [4.78, 5) is 27.9. The van der Waals surface area contributed by atoms with E-state index in [2.05, 4.69) is 0 Å². The molecule has 1 aliphatic rings. The average Bonchev–Trinajstić information content (AvgIpc) is 2.50. The number of piperidine rings is 1. The summed E-state index contributed by atoms with van der Waals surface area (Å²) in [5.74, 6) is -0.0405. The molecular formula is C16H20Cl2N2O2. The van der Waals surface area contributed by atoms with Crippen molar-refractivity contribution in [3.8, 4) is 0 Å². The van der Waals surface area contributed by atoms with E-state index < -0.39 is 0 Å². The monoisotopic (exact) mass is 342 g/mol. The first-order valence-electron chi connectivity index (χ1n) is 7.31. The summed E-state index contributed by atoms with van der Waals surface area (Å²) in [7, 11) is 3.49. The third-order valence-electron chi connectivity index (χ3n) is 3.91. The number of carbonyl (C=O) groups is 2. The summed E-state index contributed by atoms with van der Waals surface area (Å²) in [6.45, 7) is 1.17. The van der Waals surface area contributed by atoms with E-state index in [4.69, 9.17) is 23.2 Å². The largest absolute Gasteiger partial charge is 0.349 e. The van der Waals surface area contributed by atoms with Crippen molar-refractivity contribution in [1.82, 2.24) is 9.80 Å². The van der Waals surface area contributed by atoms with Crippen LogP contribution in [0.5, 0.6) is 0 Å². The van der Waals surface area contributed by atoms with Gasteiger partial charge in [-0.3, -0.25) is 9.59 Å². The van der Waals surface area contributed by atoms with Gasteiger partial charge < -0.3 is 9.80 Å². The Morgan fingerprint density at radius 3 is 2.73 bits per heavy atom. The van der Waals surface area contributed by atoms with E-state index in [0.29, 0.717) is 23.1 Å². The van der Waals surface area contributed by atoms with Gasteiger partial charge in [0.25, 0.3) is 0 Å². The molecule has 1 saturated heterocycles. The maximum absolute atomic E-state index is 12.5. The zero-order valence-electron chi connectivity index (χ0n) is 12.8. The van der Waals surface area contributed by atoms with Crippen LogP contribution in [0.1, 0.15) is 18.4 Å². The molecule has 120 valence electrons. The van der Waals surface area contributed by atoms with Crippen LogP contribution < -0.4 is 0 Å². The number of hydrogen-bond acceptors (Lipinski definition) is 2. The zero-order chi connectivity index (χ0) is 16.3. The lowest BCUT2D eigenvalue weighted by molar-refractivity contribution is -0.138. The second kappa shape index (κ2) is 7.34. The van der Waals surface area contributed by atoms with E-state index in [1.54, 1.807) is 42.1 Å². The first-order valence-corrected chi connectivity index (χ1v) is 8.07. The van der Waals surface area contributed by atoms with Crippen LogP contribution in [0.4, 0.5) is 0 Å². The molecule has 0 saturated carbocycles. The molecule has 0 spiro atoms. The molecule has 22 heavy (non-hydrogen) atoms. The maximum atomic E-state index is 12.5. The van der Waals surface area contributed by atoms with Crippen LogP contribution in [0, 0.1) is 5.92 Å². The smallest absolute Gasteiger partial charge is 0.227 e. The summed E-state index contributed by atoms with van der Waals surface area (Å²) < 4.78 is 0. The molecule has 1 aliphatic heterocycles. The lowest BCUT2D eigenvalue weighted by atomic mass is 9.96. The molecule has 1 aromatic rings. The van der Waals surface area contributed by atoms with Crippen LogP contribution in [0.15, 0.2) is 18.2 Å². The van der Waals surface area contributed by atoms with E-state index in [1.807, 2.05) is 0 Å². The highest BCUT2D eigenvalue weighted by molar-refractivity contribution is 6.33. The van der Waals surface area contributed by atoms with Gasteiger partial charge in [0.05, 0.1) is 12.3 Å². The van der Waals surface area contributed by atoms with E-state index in [1.165, 1.54) is 0 Å². The molecule has 0 N–H and O–H groups in total. The molecule has 0 aromatic heterocycles. The highest BCUT2D eigenvalue weighted by atomic mass is 35.5. The third-order valence-corrected chi connectivity index (χ3v) is 4.52. The number of benzene rings is 1. The Kier molecular flexibility index (Phi) is 5.70. The molecule has 0 aliphatic carbocycles. The Morgan fingerprint density at radius 2 is 2.05 bits per heavy atom. The van der Waals surface area contributed by atoms with Crippen LogP contribution in [0.3, 0.4) is 0 Å². The molecular weight excluding hydrogens is 323 g/mol. The van der Waals surface area contributed by atoms with Crippen molar-refractivity contribution >= 4 is 35.0 Å². The molecule has 1 heterocycles. The van der Waals surface area contributed by atoms with Gasteiger partial charge in [0.1, 0.15) is 0 Å². The second-order valence-corrected chi connectivity index (χ2v) is 6.67. The van der Waals surface area contributed by atoms with Gasteiger partial charge in [0.15, 0.2) is 0 Å². The van der Waals surface area contributed by atoms with Crippen molar-refractivity contribution in [2.75, 3.05) is 27.2 Å². The Labute approximate surface area is 141 Å². The number of likely N-dealkylation sites (tertiary alicyclic amines) is 1. The highest BCUT2D eigenvalue weighted by Crippen LogP contribution is 2.23. The number of nitrogens with zero attached hydrogens (tertiary/aromatic N) is 2. The molecule has 4 nitrogen and oxygen atoms in total. The molecule has 0 bridgehead atoms. The fourth-order valence-electron chi connectivity index (χ4n) is 2.72.